The molecule has 0 atom stereocenters. The largest absolute Gasteiger partial charge is 0.351 e. The Hall–Kier alpha value is -1.31. The van der Waals surface area contributed by atoms with Crippen LogP contribution in [0.1, 0.15) is 16.9 Å². The van der Waals surface area contributed by atoms with Gasteiger partial charge in [-0.15, -0.1) is 37.2 Å². The van der Waals surface area contributed by atoms with E-state index in [4.69, 9.17) is 0 Å². The van der Waals surface area contributed by atoms with Crippen molar-refractivity contribution in [2.24, 2.45) is 0 Å². The van der Waals surface area contributed by atoms with Crippen LogP contribution in [0.4, 0.5) is 0 Å². The fourth-order valence-electron chi connectivity index (χ4n) is 2.99. The molecule has 3 rings (SSSR count). The Labute approximate surface area is 177 Å². The number of pyridine rings is 1. The number of halogens is 3. The molecule has 2 N–H and O–H groups in total. The minimum Gasteiger partial charge on any atom is -0.351 e. The lowest BCUT2D eigenvalue weighted by Gasteiger charge is -2.32. The van der Waals surface area contributed by atoms with E-state index in [1.807, 2.05) is 12.1 Å². The van der Waals surface area contributed by atoms with Crippen LogP contribution in [0.5, 0.6) is 0 Å². The van der Waals surface area contributed by atoms with Crippen molar-refractivity contribution in [3.63, 3.8) is 0 Å². The number of rotatable bonds is 5. The van der Waals surface area contributed by atoms with Crippen molar-refractivity contribution in [2.75, 3.05) is 46.3 Å². The van der Waals surface area contributed by atoms with Crippen LogP contribution < -0.4 is 10.7 Å². The Morgan fingerprint density at radius 2 is 1.78 bits per heavy atom. The molecule has 2 aromatic rings. The molecule has 0 radical (unpaired) electrons. The number of aromatic amines is 1. The maximum Gasteiger partial charge on any atom is 0.267 e. The van der Waals surface area contributed by atoms with E-state index in [0.717, 1.165) is 39.1 Å². The summed E-state index contributed by atoms with van der Waals surface area (Å²) in [5.74, 6) is -0.226. The zero-order valence-electron chi connectivity index (χ0n) is 15.3. The standard InChI is InChI=1S/C18H24N4O2.3ClH/c1-21-9-11-22(12-10-21)8-4-7-19-18(24)16-13-17(23)14-5-2-3-6-15(14)20-16;;;/h2-3,5-6,13H,4,7-12H2,1H3,(H,19,24)(H,20,23);3*1H. The summed E-state index contributed by atoms with van der Waals surface area (Å²) in [6.07, 6.45) is 0.910. The number of fused-ring (bicyclic) bond motifs is 1. The second kappa shape index (κ2) is 12.2. The van der Waals surface area contributed by atoms with E-state index in [9.17, 15) is 9.59 Å². The Balaban J connectivity index is 0.00000225. The van der Waals surface area contributed by atoms with Crippen molar-refractivity contribution in [1.82, 2.24) is 20.1 Å². The molecule has 0 aliphatic carbocycles. The van der Waals surface area contributed by atoms with Crippen LogP contribution in [0, 0.1) is 0 Å². The van der Waals surface area contributed by atoms with Gasteiger partial charge in [-0.3, -0.25) is 9.59 Å². The van der Waals surface area contributed by atoms with Gasteiger partial charge in [-0.05, 0) is 32.1 Å². The summed E-state index contributed by atoms with van der Waals surface area (Å²) >= 11 is 0. The number of benzene rings is 1. The van der Waals surface area contributed by atoms with Crippen LogP contribution in [0.2, 0.25) is 0 Å². The van der Waals surface area contributed by atoms with Gasteiger partial charge in [-0.1, -0.05) is 12.1 Å². The number of likely N-dealkylation sites (N-methyl/N-ethyl adjacent to an activating group) is 1. The topological polar surface area (TPSA) is 68.4 Å². The fraction of sp³-hybridized carbons (Fsp3) is 0.444. The Morgan fingerprint density at radius 3 is 2.48 bits per heavy atom. The van der Waals surface area contributed by atoms with E-state index in [1.165, 1.54) is 6.07 Å². The Kier molecular flexibility index (Phi) is 11.6. The lowest BCUT2D eigenvalue weighted by atomic mass is 10.2. The lowest BCUT2D eigenvalue weighted by Crippen LogP contribution is -2.45. The average Bonchev–Trinajstić information content (AvgIpc) is 2.60. The number of amides is 1. The second-order valence-corrected chi connectivity index (χ2v) is 6.35. The molecule has 0 unspecified atom stereocenters. The maximum absolute atomic E-state index is 12.2. The first-order valence-electron chi connectivity index (χ1n) is 8.44. The molecule has 0 saturated carbocycles. The third kappa shape index (κ3) is 6.97. The highest BCUT2D eigenvalue weighted by atomic mass is 35.5. The van der Waals surface area contributed by atoms with Crippen molar-refractivity contribution < 1.29 is 4.79 Å². The average molecular weight is 438 g/mol. The number of para-hydroxylation sites is 1. The van der Waals surface area contributed by atoms with Crippen LogP contribution in [-0.4, -0.2) is 67.0 Å². The summed E-state index contributed by atoms with van der Waals surface area (Å²) in [5.41, 5.74) is 0.873. The summed E-state index contributed by atoms with van der Waals surface area (Å²) < 4.78 is 0. The minimum absolute atomic E-state index is 0. The number of piperazine rings is 1. The number of nitrogens with zero attached hydrogens (tertiary/aromatic N) is 2. The molecule has 1 amide bonds. The van der Waals surface area contributed by atoms with Crippen molar-refractivity contribution in [3.8, 4) is 0 Å². The van der Waals surface area contributed by atoms with Crippen LogP contribution in [0.3, 0.4) is 0 Å². The number of nitrogens with one attached hydrogen (secondary N) is 2. The molecule has 1 aliphatic heterocycles. The number of aromatic nitrogens is 1. The normalized spacial score (nSPS) is 14.6. The second-order valence-electron chi connectivity index (χ2n) is 6.35. The van der Waals surface area contributed by atoms with Gasteiger partial charge in [0.15, 0.2) is 5.43 Å². The van der Waals surface area contributed by atoms with Gasteiger partial charge in [0.2, 0.25) is 0 Å². The summed E-state index contributed by atoms with van der Waals surface area (Å²) in [6.45, 7) is 5.97. The molecule has 1 fully saturated rings. The van der Waals surface area contributed by atoms with Gasteiger partial charge < -0.3 is 20.1 Å². The molecular weight excluding hydrogens is 411 g/mol. The number of carbonyl (C=O) groups excluding carboxylic acids is 1. The third-order valence-corrected chi connectivity index (χ3v) is 4.51. The lowest BCUT2D eigenvalue weighted by molar-refractivity contribution is 0.0944. The van der Waals surface area contributed by atoms with E-state index < -0.39 is 0 Å². The van der Waals surface area contributed by atoms with Gasteiger partial charge in [0.05, 0.1) is 0 Å². The van der Waals surface area contributed by atoms with E-state index in [2.05, 4.69) is 27.1 Å². The third-order valence-electron chi connectivity index (χ3n) is 4.51. The highest BCUT2D eigenvalue weighted by Gasteiger charge is 2.13. The van der Waals surface area contributed by atoms with Gasteiger partial charge in [0.25, 0.3) is 5.91 Å². The fourth-order valence-corrected chi connectivity index (χ4v) is 2.99. The number of hydrogen-bond acceptors (Lipinski definition) is 4. The zero-order valence-corrected chi connectivity index (χ0v) is 17.7. The number of carbonyl (C=O) groups is 1. The predicted molar refractivity (Wildman–Crippen MR) is 117 cm³/mol. The first-order valence-corrected chi connectivity index (χ1v) is 8.44. The smallest absolute Gasteiger partial charge is 0.267 e. The zero-order chi connectivity index (χ0) is 16.9. The predicted octanol–water partition coefficient (Wildman–Crippen LogP) is 2.16. The molecule has 1 aromatic carbocycles. The molecule has 2 heterocycles. The van der Waals surface area contributed by atoms with Crippen LogP contribution in [0.25, 0.3) is 10.9 Å². The van der Waals surface area contributed by atoms with Crippen LogP contribution in [0.15, 0.2) is 35.1 Å². The van der Waals surface area contributed by atoms with Gasteiger partial charge in [-0.25, -0.2) is 0 Å². The maximum atomic E-state index is 12.2. The molecule has 27 heavy (non-hydrogen) atoms. The number of hydrogen-bond donors (Lipinski definition) is 2. The van der Waals surface area contributed by atoms with E-state index in [-0.39, 0.29) is 48.6 Å². The molecule has 0 spiro atoms. The summed E-state index contributed by atoms with van der Waals surface area (Å²) in [4.78, 5) is 32.1. The molecule has 0 bridgehead atoms. The molecular formula is C18H27Cl3N4O2. The summed E-state index contributed by atoms with van der Waals surface area (Å²) in [5, 5.41) is 3.49. The monoisotopic (exact) mass is 436 g/mol. The van der Waals surface area contributed by atoms with E-state index in [1.54, 1.807) is 12.1 Å². The van der Waals surface area contributed by atoms with Crippen molar-refractivity contribution in [3.05, 3.63) is 46.2 Å². The van der Waals surface area contributed by atoms with Crippen molar-refractivity contribution in [1.29, 1.82) is 0 Å². The molecule has 1 aliphatic rings. The SMILES string of the molecule is CN1CCN(CCCNC(=O)c2cc(=O)c3ccccc3[nH]2)CC1.Cl.Cl.Cl. The first-order chi connectivity index (χ1) is 11.6. The highest BCUT2D eigenvalue weighted by molar-refractivity contribution is 5.94. The van der Waals surface area contributed by atoms with Crippen LogP contribution in [-0.2, 0) is 0 Å². The Bertz CT molecular complexity index is 777. The minimum atomic E-state index is -0.226. The highest BCUT2D eigenvalue weighted by Crippen LogP contribution is 2.07. The quantitative estimate of drug-likeness (QED) is 0.703. The molecule has 1 saturated heterocycles. The van der Waals surface area contributed by atoms with Crippen LogP contribution >= 0.6 is 37.2 Å². The molecule has 6 nitrogen and oxygen atoms in total. The van der Waals surface area contributed by atoms with E-state index >= 15 is 0 Å². The Morgan fingerprint density at radius 1 is 1.11 bits per heavy atom. The van der Waals surface area contributed by atoms with Gasteiger partial charge in [-0.2, -0.15) is 0 Å². The summed E-state index contributed by atoms with van der Waals surface area (Å²) in [6, 6.07) is 8.59. The van der Waals surface area contributed by atoms with Crippen molar-refractivity contribution in [2.45, 2.75) is 6.42 Å². The van der Waals surface area contributed by atoms with Gasteiger partial charge >= 0.3 is 0 Å². The summed E-state index contributed by atoms with van der Waals surface area (Å²) in [7, 11) is 2.14. The first kappa shape index (κ1) is 25.7. The van der Waals surface area contributed by atoms with Gasteiger partial charge in [0, 0.05) is 49.7 Å². The molecule has 9 heteroatoms. The van der Waals surface area contributed by atoms with Gasteiger partial charge in [0.1, 0.15) is 5.69 Å². The number of H-pyrrole nitrogens is 1. The molecule has 152 valence electrons. The molecule has 1 aromatic heterocycles. The van der Waals surface area contributed by atoms with Crippen molar-refractivity contribution >= 4 is 54.0 Å². The van der Waals surface area contributed by atoms with E-state index in [0.29, 0.717) is 23.1 Å².